The Morgan fingerprint density at radius 1 is 1.33 bits per heavy atom. The number of pyridine rings is 1. The Morgan fingerprint density at radius 2 is 2.00 bits per heavy atom. The minimum atomic E-state index is 0.522. The maximum Gasteiger partial charge on any atom is 0.144 e. The lowest BCUT2D eigenvalue weighted by Crippen LogP contribution is -1.96. The fourth-order valence-corrected chi connectivity index (χ4v) is 1.77. The van der Waals surface area contributed by atoms with Crippen molar-refractivity contribution in [1.29, 1.82) is 0 Å². The zero-order chi connectivity index (χ0) is 11.4. The molecule has 0 bridgehead atoms. The van der Waals surface area contributed by atoms with Gasteiger partial charge < -0.3 is 4.74 Å². The van der Waals surface area contributed by atoms with Crippen LogP contribution in [0.2, 0.25) is 0 Å². The molecular formula is C13H21NO. The van der Waals surface area contributed by atoms with Gasteiger partial charge in [-0.15, -0.1) is 0 Å². The van der Waals surface area contributed by atoms with Crippen LogP contribution in [0.1, 0.15) is 50.6 Å². The molecule has 0 N–H and O–H groups in total. The predicted molar refractivity (Wildman–Crippen MR) is 63.6 cm³/mol. The fraction of sp³-hybridized carbons (Fsp3) is 0.615. The predicted octanol–water partition coefficient (Wildman–Crippen LogP) is 3.47. The summed E-state index contributed by atoms with van der Waals surface area (Å²) in [7, 11) is 0. The quantitative estimate of drug-likeness (QED) is 0.703. The maximum atomic E-state index is 5.58. The van der Waals surface area contributed by atoms with Crippen LogP contribution in [0, 0.1) is 6.92 Å². The zero-order valence-corrected chi connectivity index (χ0v) is 10.4. The number of hydrogen-bond donors (Lipinski definition) is 0. The molecule has 0 aromatic carbocycles. The Labute approximate surface area is 92.7 Å². The first kappa shape index (κ1) is 12.0. The van der Waals surface area contributed by atoms with E-state index in [1.165, 1.54) is 5.56 Å². The van der Waals surface area contributed by atoms with Crippen molar-refractivity contribution in [2.45, 2.75) is 47.0 Å². The van der Waals surface area contributed by atoms with Crippen molar-refractivity contribution >= 4 is 0 Å². The molecule has 2 nitrogen and oxygen atoms in total. The van der Waals surface area contributed by atoms with Gasteiger partial charge in [0, 0.05) is 17.7 Å². The Kier molecular flexibility index (Phi) is 4.13. The molecule has 84 valence electrons. The molecule has 2 rings (SSSR count). The summed E-state index contributed by atoms with van der Waals surface area (Å²) in [6, 6.07) is 2.13. The lowest BCUT2D eigenvalue weighted by molar-refractivity contribution is 0.352. The van der Waals surface area contributed by atoms with Crippen molar-refractivity contribution in [3.05, 3.63) is 23.0 Å². The number of rotatable bonds is 1. The SMILES string of the molecule is CC.Cc1cc(C(C)C)c2c(n1)CCO2. The van der Waals surface area contributed by atoms with Gasteiger partial charge in [0.1, 0.15) is 5.75 Å². The van der Waals surface area contributed by atoms with Gasteiger partial charge in [0.15, 0.2) is 0 Å². The highest BCUT2D eigenvalue weighted by molar-refractivity contribution is 5.42. The molecule has 15 heavy (non-hydrogen) atoms. The van der Waals surface area contributed by atoms with Crippen LogP contribution in [0.25, 0.3) is 0 Å². The molecule has 2 heterocycles. The van der Waals surface area contributed by atoms with Crippen LogP contribution in [0.5, 0.6) is 5.75 Å². The van der Waals surface area contributed by atoms with Gasteiger partial charge in [0.2, 0.25) is 0 Å². The third kappa shape index (κ3) is 2.49. The highest BCUT2D eigenvalue weighted by Crippen LogP contribution is 2.33. The van der Waals surface area contributed by atoms with E-state index in [9.17, 15) is 0 Å². The van der Waals surface area contributed by atoms with E-state index in [1.807, 2.05) is 20.8 Å². The summed E-state index contributed by atoms with van der Waals surface area (Å²) < 4.78 is 5.58. The lowest BCUT2D eigenvalue weighted by Gasteiger charge is -2.11. The average Bonchev–Trinajstić information content (AvgIpc) is 2.67. The molecule has 1 aliphatic rings. The smallest absolute Gasteiger partial charge is 0.144 e. The van der Waals surface area contributed by atoms with E-state index in [0.29, 0.717) is 5.92 Å². The summed E-state index contributed by atoms with van der Waals surface area (Å²) in [5, 5.41) is 0. The van der Waals surface area contributed by atoms with Crippen molar-refractivity contribution in [3.63, 3.8) is 0 Å². The van der Waals surface area contributed by atoms with Crippen molar-refractivity contribution in [2.75, 3.05) is 6.61 Å². The van der Waals surface area contributed by atoms with Crippen LogP contribution in [-0.4, -0.2) is 11.6 Å². The molecule has 0 aliphatic carbocycles. The van der Waals surface area contributed by atoms with Crippen LogP contribution in [0.3, 0.4) is 0 Å². The normalized spacial score (nSPS) is 12.9. The molecular weight excluding hydrogens is 186 g/mol. The van der Waals surface area contributed by atoms with Crippen LogP contribution < -0.4 is 4.74 Å². The first-order valence-electron chi connectivity index (χ1n) is 5.81. The van der Waals surface area contributed by atoms with Gasteiger partial charge in [0.25, 0.3) is 0 Å². The van der Waals surface area contributed by atoms with E-state index in [-0.39, 0.29) is 0 Å². The van der Waals surface area contributed by atoms with Crippen LogP contribution in [0.4, 0.5) is 0 Å². The second-order valence-electron chi connectivity index (χ2n) is 3.88. The van der Waals surface area contributed by atoms with E-state index in [1.54, 1.807) is 0 Å². The number of hydrogen-bond acceptors (Lipinski definition) is 2. The Morgan fingerprint density at radius 3 is 2.60 bits per heavy atom. The van der Waals surface area contributed by atoms with Gasteiger partial charge in [-0.2, -0.15) is 0 Å². The van der Waals surface area contributed by atoms with E-state index in [2.05, 4.69) is 24.9 Å². The minimum absolute atomic E-state index is 0.522. The third-order valence-electron chi connectivity index (χ3n) is 2.41. The van der Waals surface area contributed by atoms with E-state index >= 15 is 0 Å². The van der Waals surface area contributed by atoms with Gasteiger partial charge >= 0.3 is 0 Å². The first-order valence-corrected chi connectivity index (χ1v) is 5.81. The van der Waals surface area contributed by atoms with Crippen molar-refractivity contribution in [2.24, 2.45) is 0 Å². The van der Waals surface area contributed by atoms with E-state index in [0.717, 1.165) is 30.2 Å². The molecule has 1 aromatic heterocycles. The van der Waals surface area contributed by atoms with Gasteiger partial charge in [-0.3, -0.25) is 4.98 Å². The van der Waals surface area contributed by atoms with E-state index in [4.69, 9.17) is 4.74 Å². The molecule has 1 aromatic rings. The highest BCUT2D eigenvalue weighted by atomic mass is 16.5. The standard InChI is InChI=1S/C11H15NO.C2H6/c1-7(2)9-6-8(3)12-10-4-5-13-11(9)10;1-2/h6-7H,4-5H2,1-3H3;1-2H3. The number of nitrogens with zero attached hydrogens (tertiary/aromatic N) is 1. The highest BCUT2D eigenvalue weighted by Gasteiger charge is 2.19. The number of fused-ring (bicyclic) bond motifs is 1. The molecule has 0 unspecified atom stereocenters. The van der Waals surface area contributed by atoms with Crippen molar-refractivity contribution in [3.8, 4) is 5.75 Å². The molecule has 0 saturated heterocycles. The van der Waals surface area contributed by atoms with Gasteiger partial charge in [-0.05, 0) is 18.9 Å². The Hall–Kier alpha value is -1.05. The third-order valence-corrected chi connectivity index (χ3v) is 2.41. The Balaban J connectivity index is 0.000000531. The van der Waals surface area contributed by atoms with Gasteiger partial charge in [0.05, 0.1) is 12.3 Å². The molecule has 2 heteroatoms. The largest absolute Gasteiger partial charge is 0.491 e. The molecule has 1 aliphatic heterocycles. The first-order chi connectivity index (χ1) is 7.18. The summed E-state index contributed by atoms with van der Waals surface area (Å²) in [5.41, 5.74) is 3.55. The number of ether oxygens (including phenoxy) is 1. The Bertz CT molecular complexity index is 332. The molecule has 0 atom stereocenters. The number of aryl methyl sites for hydroxylation is 1. The molecule has 0 radical (unpaired) electrons. The fourth-order valence-electron chi connectivity index (χ4n) is 1.77. The van der Waals surface area contributed by atoms with Gasteiger partial charge in [-0.1, -0.05) is 27.7 Å². The minimum Gasteiger partial charge on any atom is -0.491 e. The lowest BCUT2D eigenvalue weighted by atomic mass is 10.0. The topological polar surface area (TPSA) is 22.1 Å². The van der Waals surface area contributed by atoms with E-state index < -0.39 is 0 Å². The molecule has 0 fully saturated rings. The van der Waals surface area contributed by atoms with Crippen LogP contribution in [0.15, 0.2) is 6.07 Å². The maximum absolute atomic E-state index is 5.58. The summed E-state index contributed by atoms with van der Waals surface area (Å²) in [6.45, 7) is 11.2. The second-order valence-corrected chi connectivity index (χ2v) is 3.88. The van der Waals surface area contributed by atoms with Crippen molar-refractivity contribution < 1.29 is 4.74 Å². The van der Waals surface area contributed by atoms with Gasteiger partial charge in [-0.25, -0.2) is 0 Å². The summed E-state index contributed by atoms with van der Waals surface area (Å²) in [6.07, 6.45) is 0.969. The average molecular weight is 207 g/mol. The monoisotopic (exact) mass is 207 g/mol. The zero-order valence-electron chi connectivity index (χ0n) is 10.4. The van der Waals surface area contributed by atoms with Crippen LogP contribution >= 0.6 is 0 Å². The molecule has 0 spiro atoms. The van der Waals surface area contributed by atoms with Crippen LogP contribution in [-0.2, 0) is 6.42 Å². The molecule has 0 saturated carbocycles. The number of aromatic nitrogens is 1. The summed E-state index contributed by atoms with van der Waals surface area (Å²) in [5.74, 6) is 1.56. The summed E-state index contributed by atoms with van der Waals surface area (Å²) in [4.78, 5) is 4.47. The van der Waals surface area contributed by atoms with Crippen molar-refractivity contribution in [1.82, 2.24) is 4.98 Å². The summed E-state index contributed by atoms with van der Waals surface area (Å²) >= 11 is 0. The second kappa shape index (κ2) is 5.15. The molecule has 0 amide bonds.